The summed E-state index contributed by atoms with van der Waals surface area (Å²) in [6.07, 6.45) is 4.66. The van der Waals surface area contributed by atoms with E-state index >= 15 is 0 Å². The van der Waals surface area contributed by atoms with E-state index in [0.717, 1.165) is 71.4 Å². The van der Waals surface area contributed by atoms with Crippen LogP contribution in [0.3, 0.4) is 0 Å². The Morgan fingerprint density at radius 2 is 2.06 bits per heavy atom. The first kappa shape index (κ1) is 21.2. The fourth-order valence-corrected chi connectivity index (χ4v) is 4.41. The van der Waals surface area contributed by atoms with Gasteiger partial charge in [0.1, 0.15) is 11.5 Å². The molecule has 2 aromatic carbocycles. The van der Waals surface area contributed by atoms with E-state index in [0.29, 0.717) is 13.2 Å². The number of rotatable bonds is 10. The lowest BCUT2D eigenvalue weighted by molar-refractivity contribution is -0.137. The number of aliphatic carboxylic acids is 1. The maximum Gasteiger partial charge on any atom is 0.303 e. The van der Waals surface area contributed by atoms with Crippen LogP contribution in [0.2, 0.25) is 0 Å². The van der Waals surface area contributed by atoms with Crippen LogP contribution in [0.1, 0.15) is 60.9 Å². The Kier molecular flexibility index (Phi) is 6.44. The van der Waals surface area contributed by atoms with Crippen molar-refractivity contribution in [2.75, 3.05) is 13.2 Å². The van der Waals surface area contributed by atoms with Crippen molar-refractivity contribution in [1.29, 1.82) is 0 Å². The molecule has 1 aliphatic rings. The number of hydrogen-bond acceptors (Lipinski definition) is 5. The second kappa shape index (κ2) is 9.41. The fourth-order valence-electron chi connectivity index (χ4n) is 4.41. The lowest BCUT2D eigenvalue weighted by atomic mass is 9.98. The number of carbonyl (C=O) groups is 1. The van der Waals surface area contributed by atoms with Crippen LogP contribution in [-0.4, -0.2) is 29.4 Å². The second-order valence-corrected chi connectivity index (χ2v) is 8.18. The first-order valence-electron chi connectivity index (χ1n) is 11.0. The Morgan fingerprint density at radius 3 is 2.87 bits per heavy atom. The van der Waals surface area contributed by atoms with Crippen LogP contribution in [0.15, 0.2) is 34.9 Å². The van der Waals surface area contributed by atoms with E-state index < -0.39 is 5.97 Å². The molecule has 1 aliphatic carbocycles. The van der Waals surface area contributed by atoms with Gasteiger partial charge < -0.3 is 19.1 Å². The standard InChI is InChI=1S/C25H29NO5/c1-3-5-22-23(11-10-20-16(2)26-31-25(20)22)30-13-4-12-29-19-8-9-21-17(14-19)6-7-18(21)15-24(27)28/h8-11,14,18H,3-7,12-13,15H2,1-2H3,(H,27,28)/t18-/m0/s1. The molecule has 0 saturated heterocycles. The second-order valence-electron chi connectivity index (χ2n) is 8.18. The number of carboxylic acid groups (broad SMARTS) is 1. The fraction of sp³-hybridized carbons (Fsp3) is 0.440. The zero-order chi connectivity index (χ0) is 21.8. The Balaban J connectivity index is 1.30. The Morgan fingerprint density at radius 1 is 1.23 bits per heavy atom. The molecule has 0 saturated carbocycles. The van der Waals surface area contributed by atoms with Crippen LogP contribution in [-0.2, 0) is 17.6 Å². The average molecular weight is 424 g/mol. The molecule has 0 spiro atoms. The van der Waals surface area contributed by atoms with Gasteiger partial charge in [-0.05, 0) is 67.5 Å². The van der Waals surface area contributed by atoms with Crippen LogP contribution in [0.4, 0.5) is 0 Å². The third kappa shape index (κ3) is 4.68. The third-order valence-corrected chi connectivity index (χ3v) is 5.93. The molecular weight excluding hydrogens is 394 g/mol. The molecule has 4 rings (SSSR count). The predicted molar refractivity (Wildman–Crippen MR) is 118 cm³/mol. The molecule has 0 fully saturated rings. The van der Waals surface area contributed by atoms with Crippen molar-refractivity contribution in [3.05, 3.63) is 52.7 Å². The first-order valence-corrected chi connectivity index (χ1v) is 11.0. The average Bonchev–Trinajstić information content (AvgIpc) is 3.32. The minimum Gasteiger partial charge on any atom is -0.493 e. The third-order valence-electron chi connectivity index (χ3n) is 5.93. The van der Waals surface area contributed by atoms with Gasteiger partial charge in [0, 0.05) is 17.4 Å². The monoisotopic (exact) mass is 423 g/mol. The lowest BCUT2D eigenvalue weighted by Crippen LogP contribution is -2.07. The van der Waals surface area contributed by atoms with Gasteiger partial charge in [0.2, 0.25) is 0 Å². The number of ether oxygens (including phenoxy) is 2. The highest BCUT2D eigenvalue weighted by molar-refractivity contribution is 5.84. The molecule has 0 aliphatic heterocycles. The summed E-state index contributed by atoms with van der Waals surface area (Å²) in [5.41, 5.74) is 5.17. The van der Waals surface area contributed by atoms with E-state index in [2.05, 4.69) is 18.1 Å². The smallest absolute Gasteiger partial charge is 0.303 e. The van der Waals surface area contributed by atoms with Gasteiger partial charge in [-0.2, -0.15) is 0 Å². The first-order chi connectivity index (χ1) is 15.1. The van der Waals surface area contributed by atoms with E-state index in [-0.39, 0.29) is 12.3 Å². The molecule has 1 heterocycles. The zero-order valence-electron chi connectivity index (χ0n) is 18.1. The van der Waals surface area contributed by atoms with Crippen LogP contribution in [0, 0.1) is 6.92 Å². The summed E-state index contributed by atoms with van der Waals surface area (Å²) in [6, 6.07) is 10.0. The van der Waals surface area contributed by atoms with Gasteiger partial charge in [-0.3, -0.25) is 4.79 Å². The van der Waals surface area contributed by atoms with Crippen molar-refractivity contribution in [3.8, 4) is 11.5 Å². The highest BCUT2D eigenvalue weighted by Gasteiger charge is 2.24. The normalized spacial score (nSPS) is 15.2. The minimum atomic E-state index is -0.738. The Hall–Kier alpha value is -3.02. The summed E-state index contributed by atoms with van der Waals surface area (Å²) in [5.74, 6) is 1.07. The zero-order valence-corrected chi connectivity index (χ0v) is 18.1. The largest absolute Gasteiger partial charge is 0.493 e. The Labute approximate surface area is 182 Å². The summed E-state index contributed by atoms with van der Waals surface area (Å²) in [4.78, 5) is 11.0. The van der Waals surface area contributed by atoms with Crippen LogP contribution in [0.25, 0.3) is 11.0 Å². The summed E-state index contributed by atoms with van der Waals surface area (Å²) < 4.78 is 17.5. The van der Waals surface area contributed by atoms with Crippen molar-refractivity contribution in [2.24, 2.45) is 0 Å². The maximum atomic E-state index is 11.0. The van der Waals surface area contributed by atoms with Crippen LogP contribution >= 0.6 is 0 Å². The molecule has 0 unspecified atom stereocenters. The van der Waals surface area contributed by atoms with E-state index in [4.69, 9.17) is 19.1 Å². The molecule has 1 N–H and O–H groups in total. The topological polar surface area (TPSA) is 81.8 Å². The van der Waals surface area contributed by atoms with Crippen molar-refractivity contribution in [3.63, 3.8) is 0 Å². The van der Waals surface area contributed by atoms with E-state index in [1.165, 1.54) is 5.56 Å². The number of carboxylic acids is 1. The minimum absolute atomic E-state index is 0.123. The van der Waals surface area contributed by atoms with E-state index in [1.807, 2.05) is 31.2 Å². The van der Waals surface area contributed by atoms with Gasteiger partial charge in [0.25, 0.3) is 0 Å². The van der Waals surface area contributed by atoms with Crippen LogP contribution < -0.4 is 9.47 Å². The molecule has 1 aromatic heterocycles. The number of benzene rings is 2. The van der Waals surface area contributed by atoms with E-state index in [1.54, 1.807) is 0 Å². The number of hydrogen-bond donors (Lipinski definition) is 1. The summed E-state index contributed by atoms with van der Waals surface area (Å²) in [6.45, 7) is 5.20. The molecule has 3 aromatic rings. The quantitative estimate of drug-likeness (QED) is 0.437. The summed E-state index contributed by atoms with van der Waals surface area (Å²) >= 11 is 0. The predicted octanol–water partition coefficient (Wildman–Crippen LogP) is 5.44. The summed E-state index contributed by atoms with van der Waals surface area (Å²) in [7, 11) is 0. The molecule has 164 valence electrons. The maximum absolute atomic E-state index is 11.0. The van der Waals surface area contributed by atoms with Crippen LogP contribution in [0.5, 0.6) is 11.5 Å². The van der Waals surface area contributed by atoms with Gasteiger partial charge in [-0.25, -0.2) is 0 Å². The Bertz CT molecular complexity index is 1070. The molecule has 31 heavy (non-hydrogen) atoms. The van der Waals surface area contributed by atoms with Gasteiger partial charge in [-0.15, -0.1) is 0 Å². The van der Waals surface area contributed by atoms with Gasteiger partial charge >= 0.3 is 5.97 Å². The van der Waals surface area contributed by atoms with Gasteiger partial charge in [0.15, 0.2) is 5.58 Å². The summed E-state index contributed by atoms with van der Waals surface area (Å²) in [5, 5.41) is 14.2. The molecule has 6 heteroatoms. The van der Waals surface area contributed by atoms with E-state index in [9.17, 15) is 4.79 Å². The molecule has 6 nitrogen and oxygen atoms in total. The van der Waals surface area contributed by atoms with Crippen molar-refractivity contribution in [2.45, 2.75) is 58.3 Å². The number of nitrogens with zero attached hydrogens (tertiary/aromatic N) is 1. The SMILES string of the molecule is CCCc1c(OCCCOc2ccc3c(c2)CC[C@H]3CC(=O)O)ccc2c(C)noc12. The molecule has 0 radical (unpaired) electrons. The lowest BCUT2D eigenvalue weighted by Gasteiger charge is -2.13. The molecule has 0 bridgehead atoms. The number of aromatic nitrogens is 1. The molecule has 1 atom stereocenters. The number of fused-ring (bicyclic) bond motifs is 2. The number of aryl methyl sites for hydroxylation is 3. The highest BCUT2D eigenvalue weighted by atomic mass is 16.5. The highest BCUT2D eigenvalue weighted by Crippen LogP contribution is 2.37. The van der Waals surface area contributed by atoms with Crippen molar-refractivity contribution >= 4 is 16.9 Å². The van der Waals surface area contributed by atoms with Gasteiger partial charge in [0.05, 0.1) is 25.3 Å². The molecule has 0 amide bonds. The van der Waals surface area contributed by atoms with Gasteiger partial charge in [-0.1, -0.05) is 24.6 Å². The molecular formula is C25H29NO5. The van der Waals surface area contributed by atoms with Crippen molar-refractivity contribution in [1.82, 2.24) is 5.16 Å². The van der Waals surface area contributed by atoms with Crippen molar-refractivity contribution < 1.29 is 23.9 Å².